The molecule has 0 atom stereocenters. The quantitative estimate of drug-likeness (QED) is 0.742. The Morgan fingerprint density at radius 1 is 1.14 bits per heavy atom. The molecule has 6 heteroatoms. The fourth-order valence-electron chi connectivity index (χ4n) is 2.25. The molecule has 1 aromatic carbocycles. The van der Waals surface area contributed by atoms with Crippen LogP contribution in [0.15, 0.2) is 49.1 Å². The van der Waals surface area contributed by atoms with Crippen molar-refractivity contribution in [3.63, 3.8) is 0 Å². The summed E-state index contributed by atoms with van der Waals surface area (Å²) in [7, 11) is 3.99. The topological polar surface area (TPSA) is 46.8 Å². The summed E-state index contributed by atoms with van der Waals surface area (Å²) in [6.07, 6.45) is 5.11. The average Bonchev–Trinajstić information content (AvgIpc) is 2.92. The minimum absolute atomic E-state index is 0.256. The van der Waals surface area contributed by atoms with Crippen LogP contribution in [0.1, 0.15) is 5.56 Å². The first kappa shape index (κ1) is 14.3. The van der Waals surface area contributed by atoms with Gasteiger partial charge in [0, 0.05) is 36.1 Å². The third-order valence-corrected chi connectivity index (χ3v) is 3.20. The van der Waals surface area contributed by atoms with Crippen LogP contribution < -0.4 is 0 Å². The number of nitrogens with zero attached hydrogens (tertiary/aromatic N) is 5. The predicted molar refractivity (Wildman–Crippen MR) is 81.9 cm³/mol. The molecule has 0 aliphatic rings. The summed E-state index contributed by atoms with van der Waals surface area (Å²) in [5.41, 5.74) is 2.76. The zero-order valence-corrected chi connectivity index (χ0v) is 12.4. The maximum absolute atomic E-state index is 13.1. The number of hydrogen-bond donors (Lipinski definition) is 0. The van der Waals surface area contributed by atoms with Crippen LogP contribution in [-0.4, -0.2) is 38.7 Å². The minimum atomic E-state index is -0.256. The van der Waals surface area contributed by atoms with E-state index in [9.17, 15) is 4.39 Å². The SMILES string of the molecule is CN(C)Cc1cn(-c2ccncn2)nc1-c1ccc(F)cc1. The molecule has 3 aromatic rings. The standard InChI is InChI=1S/C16H16FN5/c1-21(2)9-13-10-22(15-7-8-18-11-19-15)20-16(13)12-3-5-14(17)6-4-12/h3-8,10-11H,9H2,1-2H3. The van der Waals surface area contributed by atoms with E-state index < -0.39 is 0 Å². The fourth-order valence-corrected chi connectivity index (χ4v) is 2.25. The van der Waals surface area contributed by atoms with E-state index in [4.69, 9.17) is 0 Å². The van der Waals surface area contributed by atoms with E-state index in [0.717, 1.165) is 23.4 Å². The molecule has 112 valence electrons. The smallest absolute Gasteiger partial charge is 0.156 e. The molecule has 0 bridgehead atoms. The molecule has 0 fully saturated rings. The van der Waals surface area contributed by atoms with Crippen molar-refractivity contribution in [2.45, 2.75) is 6.54 Å². The lowest BCUT2D eigenvalue weighted by Gasteiger charge is -2.09. The summed E-state index contributed by atoms with van der Waals surface area (Å²) in [6.45, 7) is 0.734. The van der Waals surface area contributed by atoms with E-state index >= 15 is 0 Å². The monoisotopic (exact) mass is 297 g/mol. The first-order valence-electron chi connectivity index (χ1n) is 6.89. The van der Waals surface area contributed by atoms with Gasteiger partial charge in [-0.1, -0.05) is 0 Å². The molecule has 0 radical (unpaired) electrons. The molecule has 0 amide bonds. The Hall–Kier alpha value is -2.60. The summed E-state index contributed by atoms with van der Waals surface area (Å²) in [6, 6.07) is 8.15. The van der Waals surface area contributed by atoms with Crippen molar-refractivity contribution in [1.82, 2.24) is 24.6 Å². The van der Waals surface area contributed by atoms with Gasteiger partial charge in [-0.25, -0.2) is 19.0 Å². The lowest BCUT2D eigenvalue weighted by atomic mass is 10.1. The van der Waals surface area contributed by atoms with E-state index in [1.54, 1.807) is 29.1 Å². The number of hydrogen-bond acceptors (Lipinski definition) is 4. The lowest BCUT2D eigenvalue weighted by Crippen LogP contribution is -2.10. The molecule has 2 aromatic heterocycles. The van der Waals surface area contributed by atoms with Crippen molar-refractivity contribution in [3.8, 4) is 17.1 Å². The number of rotatable bonds is 4. The first-order valence-corrected chi connectivity index (χ1v) is 6.89. The van der Waals surface area contributed by atoms with Crippen LogP contribution in [0.2, 0.25) is 0 Å². The second-order valence-corrected chi connectivity index (χ2v) is 5.26. The van der Waals surface area contributed by atoms with Crippen LogP contribution in [0.4, 0.5) is 4.39 Å². The van der Waals surface area contributed by atoms with Crippen molar-refractivity contribution in [2.75, 3.05) is 14.1 Å². The molecule has 2 heterocycles. The Morgan fingerprint density at radius 2 is 1.91 bits per heavy atom. The van der Waals surface area contributed by atoms with Crippen molar-refractivity contribution in [1.29, 1.82) is 0 Å². The maximum atomic E-state index is 13.1. The van der Waals surface area contributed by atoms with E-state index in [-0.39, 0.29) is 5.82 Å². The summed E-state index contributed by atoms with van der Waals surface area (Å²) < 4.78 is 14.9. The van der Waals surface area contributed by atoms with Crippen molar-refractivity contribution in [2.24, 2.45) is 0 Å². The van der Waals surface area contributed by atoms with Crippen molar-refractivity contribution < 1.29 is 4.39 Å². The third-order valence-electron chi connectivity index (χ3n) is 3.20. The molecule has 0 N–H and O–H groups in total. The van der Waals surface area contributed by atoms with E-state index in [2.05, 4.69) is 20.0 Å². The Bertz CT molecular complexity index is 750. The Balaban J connectivity index is 2.07. The van der Waals surface area contributed by atoms with Crippen LogP contribution in [-0.2, 0) is 6.54 Å². The Morgan fingerprint density at radius 3 is 2.55 bits per heavy atom. The van der Waals surface area contributed by atoms with Gasteiger partial charge in [0.1, 0.15) is 12.1 Å². The van der Waals surface area contributed by atoms with Gasteiger partial charge in [0.2, 0.25) is 0 Å². The molecule has 0 saturated heterocycles. The third kappa shape index (κ3) is 3.01. The van der Waals surface area contributed by atoms with E-state index in [0.29, 0.717) is 5.82 Å². The highest BCUT2D eigenvalue weighted by Gasteiger charge is 2.13. The van der Waals surface area contributed by atoms with Crippen molar-refractivity contribution >= 4 is 0 Å². The molecular formula is C16H16FN5. The van der Waals surface area contributed by atoms with Gasteiger partial charge in [-0.15, -0.1) is 0 Å². The Kier molecular flexibility index (Phi) is 3.93. The van der Waals surface area contributed by atoms with Gasteiger partial charge < -0.3 is 4.90 Å². The lowest BCUT2D eigenvalue weighted by molar-refractivity contribution is 0.403. The molecule has 0 aliphatic carbocycles. The molecule has 0 saturated carbocycles. The molecule has 3 rings (SSSR count). The average molecular weight is 297 g/mol. The van der Waals surface area contributed by atoms with Crippen LogP contribution in [0.5, 0.6) is 0 Å². The maximum Gasteiger partial charge on any atom is 0.156 e. The molecule has 0 unspecified atom stereocenters. The van der Waals surface area contributed by atoms with Gasteiger partial charge in [0.25, 0.3) is 0 Å². The largest absolute Gasteiger partial charge is 0.305 e. The van der Waals surface area contributed by atoms with Crippen molar-refractivity contribution in [3.05, 3.63) is 60.4 Å². The Labute approximate surface area is 128 Å². The minimum Gasteiger partial charge on any atom is -0.305 e. The van der Waals surface area contributed by atoms with Gasteiger partial charge >= 0.3 is 0 Å². The van der Waals surface area contributed by atoms with Gasteiger partial charge in [-0.05, 0) is 38.4 Å². The molecule has 0 aliphatic heterocycles. The zero-order chi connectivity index (χ0) is 15.5. The second-order valence-electron chi connectivity index (χ2n) is 5.26. The highest BCUT2D eigenvalue weighted by Crippen LogP contribution is 2.24. The van der Waals surface area contributed by atoms with Crippen LogP contribution >= 0.6 is 0 Å². The van der Waals surface area contributed by atoms with Crippen LogP contribution in [0.3, 0.4) is 0 Å². The van der Waals surface area contributed by atoms with Gasteiger partial charge in [-0.2, -0.15) is 5.10 Å². The normalized spacial score (nSPS) is 11.1. The summed E-state index contributed by atoms with van der Waals surface area (Å²) in [5, 5.41) is 4.61. The fraction of sp³-hybridized carbons (Fsp3) is 0.188. The molecular weight excluding hydrogens is 281 g/mol. The second kappa shape index (κ2) is 6.03. The number of benzene rings is 1. The van der Waals surface area contributed by atoms with Crippen LogP contribution in [0, 0.1) is 5.82 Å². The summed E-state index contributed by atoms with van der Waals surface area (Å²) in [5.74, 6) is 0.441. The molecule has 0 spiro atoms. The highest BCUT2D eigenvalue weighted by atomic mass is 19.1. The van der Waals surface area contributed by atoms with Crippen LogP contribution in [0.25, 0.3) is 17.1 Å². The summed E-state index contributed by atoms with van der Waals surface area (Å²) in [4.78, 5) is 10.2. The highest BCUT2D eigenvalue weighted by molar-refractivity contribution is 5.63. The first-order chi connectivity index (χ1) is 10.6. The molecule has 22 heavy (non-hydrogen) atoms. The van der Waals surface area contributed by atoms with E-state index in [1.165, 1.54) is 18.5 Å². The van der Waals surface area contributed by atoms with Gasteiger partial charge in [-0.3, -0.25) is 0 Å². The molecule has 5 nitrogen and oxygen atoms in total. The summed E-state index contributed by atoms with van der Waals surface area (Å²) >= 11 is 0. The van der Waals surface area contributed by atoms with Gasteiger partial charge in [0.05, 0.1) is 5.69 Å². The zero-order valence-electron chi connectivity index (χ0n) is 12.4. The predicted octanol–water partition coefficient (Wildman–Crippen LogP) is 2.53. The number of halogens is 1. The van der Waals surface area contributed by atoms with Gasteiger partial charge in [0.15, 0.2) is 5.82 Å². The number of aromatic nitrogens is 4. The van der Waals surface area contributed by atoms with E-state index in [1.807, 2.05) is 20.3 Å².